The molecule has 0 saturated heterocycles. The molecule has 0 aliphatic rings. The number of carbonyl (C=O) groups is 3. The number of nitrogens with zero attached hydrogens (tertiary/aromatic N) is 1. The second-order valence-electron chi connectivity index (χ2n) is 13.9. The maximum absolute atomic E-state index is 12.5. The summed E-state index contributed by atoms with van der Waals surface area (Å²) < 4.78 is 17.1. The number of rotatable bonds is 33. The highest BCUT2D eigenvalue weighted by Crippen LogP contribution is 2.11. The minimum Gasteiger partial charge on any atom is -0.477 e. The lowest BCUT2D eigenvalue weighted by atomic mass is 10.1. The molecule has 0 aromatic heterocycles. The molecule has 0 amide bonds. The lowest BCUT2D eigenvalue weighted by Gasteiger charge is -2.31. The molecule has 0 fully saturated rings. The second-order valence-corrected chi connectivity index (χ2v) is 13.9. The highest BCUT2D eigenvalue weighted by Gasteiger charge is 2.31. The van der Waals surface area contributed by atoms with Gasteiger partial charge in [-0.1, -0.05) is 120 Å². The van der Waals surface area contributed by atoms with Crippen LogP contribution in [0.1, 0.15) is 142 Å². The maximum atomic E-state index is 12.5. The van der Waals surface area contributed by atoms with E-state index in [1.165, 1.54) is 44.9 Å². The van der Waals surface area contributed by atoms with Gasteiger partial charge in [0.1, 0.15) is 6.61 Å². The molecule has 0 aliphatic carbocycles. The highest BCUT2D eigenvalue weighted by atomic mass is 16.6. The molecule has 0 saturated carbocycles. The third-order valence-electron chi connectivity index (χ3n) is 8.28. The summed E-state index contributed by atoms with van der Waals surface area (Å²) in [7, 11) is 5.48. The topological polar surface area (TPSA) is 99.1 Å². The summed E-state index contributed by atoms with van der Waals surface area (Å²) in [4.78, 5) is 36.6. The van der Waals surface area contributed by atoms with E-state index in [0.29, 0.717) is 19.3 Å². The number of carboxylic acids is 1. The van der Waals surface area contributed by atoms with Crippen LogP contribution in [-0.2, 0) is 28.6 Å². The van der Waals surface area contributed by atoms with Crippen molar-refractivity contribution in [3.8, 4) is 0 Å². The number of unbranched alkanes of at least 4 members (excludes halogenated alkanes) is 13. The van der Waals surface area contributed by atoms with E-state index in [9.17, 15) is 19.5 Å². The number of ether oxygens (including phenoxy) is 3. The lowest BCUT2D eigenvalue weighted by molar-refractivity contribution is -0.887. The van der Waals surface area contributed by atoms with Crippen LogP contribution in [0, 0.1) is 0 Å². The SMILES string of the molecule is CCCCC/C=C/CCC(=O)OC(COCCC(C(=O)O)[N+](C)(C)C)COC(=O)CCCCCCC/C=C/C=C/C=C/CCCCCCC. The number of aliphatic carboxylic acids is 1. The predicted molar refractivity (Wildman–Crippen MR) is 201 cm³/mol. The molecule has 0 bridgehead atoms. The summed E-state index contributed by atoms with van der Waals surface area (Å²) >= 11 is 0. The molecule has 2 unspecified atom stereocenters. The fourth-order valence-corrected chi connectivity index (χ4v) is 5.23. The zero-order valence-corrected chi connectivity index (χ0v) is 31.9. The van der Waals surface area contributed by atoms with Crippen LogP contribution in [0.2, 0.25) is 0 Å². The molecule has 0 aromatic carbocycles. The molecule has 0 aromatic rings. The van der Waals surface area contributed by atoms with E-state index in [0.717, 1.165) is 57.8 Å². The van der Waals surface area contributed by atoms with Crippen LogP contribution in [0.4, 0.5) is 0 Å². The monoisotopic (exact) mass is 691 g/mol. The maximum Gasteiger partial charge on any atom is 0.362 e. The average molecular weight is 691 g/mol. The van der Waals surface area contributed by atoms with Crippen LogP contribution in [0.25, 0.3) is 0 Å². The summed E-state index contributed by atoms with van der Waals surface area (Å²) in [5.41, 5.74) is 0. The zero-order chi connectivity index (χ0) is 36.4. The lowest BCUT2D eigenvalue weighted by Crippen LogP contribution is -2.50. The van der Waals surface area contributed by atoms with Crippen molar-refractivity contribution < 1.29 is 38.2 Å². The van der Waals surface area contributed by atoms with Crippen LogP contribution in [0.5, 0.6) is 0 Å². The van der Waals surface area contributed by atoms with Crippen molar-refractivity contribution in [1.82, 2.24) is 0 Å². The first-order valence-electron chi connectivity index (χ1n) is 19.2. The zero-order valence-electron chi connectivity index (χ0n) is 31.9. The van der Waals surface area contributed by atoms with Gasteiger partial charge in [0, 0.05) is 19.3 Å². The molecule has 0 radical (unpaired) electrons. The Hall–Kier alpha value is -2.71. The van der Waals surface area contributed by atoms with Gasteiger partial charge in [0.25, 0.3) is 0 Å². The molecule has 0 heterocycles. The van der Waals surface area contributed by atoms with Gasteiger partial charge in [0.05, 0.1) is 34.4 Å². The molecule has 0 rings (SSSR count). The largest absolute Gasteiger partial charge is 0.477 e. The van der Waals surface area contributed by atoms with Crippen LogP contribution >= 0.6 is 0 Å². The number of esters is 2. The van der Waals surface area contributed by atoms with E-state index in [4.69, 9.17) is 14.2 Å². The quantitative estimate of drug-likeness (QED) is 0.0241. The molecule has 8 nitrogen and oxygen atoms in total. The van der Waals surface area contributed by atoms with E-state index < -0.39 is 18.1 Å². The van der Waals surface area contributed by atoms with Gasteiger partial charge in [-0.2, -0.15) is 0 Å². The minimum atomic E-state index is -0.887. The van der Waals surface area contributed by atoms with Crippen molar-refractivity contribution in [2.75, 3.05) is 41.0 Å². The summed E-state index contributed by atoms with van der Waals surface area (Å²) in [5.74, 6) is -1.57. The molecule has 2 atom stereocenters. The van der Waals surface area contributed by atoms with Crippen molar-refractivity contribution in [3.05, 3.63) is 48.6 Å². The first-order chi connectivity index (χ1) is 23.6. The molecule has 282 valence electrons. The summed E-state index contributed by atoms with van der Waals surface area (Å²) in [6.45, 7) is 4.57. The van der Waals surface area contributed by atoms with Gasteiger partial charge >= 0.3 is 17.9 Å². The van der Waals surface area contributed by atoms with Gasteiger partial charge < -0.3 is 23.8 Å². The van der Waals surface area contributed by atoms with Gasteiger partial charge in [-0.05, 0) is 51.4 Å². The van der Waals surface area contributed by atoms with Crippen LogP contribution in [0.3, 0.4) is 0 Å². The first kappa shape index (κ1) is 46.3. The Labute approximate surface area is 299 Å². The molecule has 49 heavy (non-hydrogen) atoms. The van der Waals surface area contributed by atoms with Crippen molar-refractivity contribution in [1.29, 1.82) is 0 Å². The smallest absolute Gasteiger partial charge is 0.362 e. The van der Waals surface area contributed by atoms with Gasteiger partial charge in [0.15, 0.2) is 12.1 Å². The Morgan fingerprint density at radius 1 is 0.612 bits per heavy atom. The standard InChI is InChI=1S/C41H71NO7/c1-6-8-10-12-14-15-16-17-18-19-20-21-22-23-24-26-27-29-31-39(43)48-36-37(35-47-34-33-38(41(45)46)42(3,4)5)49-40(44)32-30-28-25-13-11-9-7-2/h16-21,25,28,37-38H,6-15,22-24,26-27,29-36H2,1-5H3/p+1/b17-16+,19-18+,21-20+,28-25+. The molecule has 1 N–H and O–H groups in total. The van der Waals surface area contributed by atoms with Crippen LogP contribution in [-0.4, -0.2) is 80.6 Å². The number of likely N-dealkylation sites (N-methyl/N-ethyl adjacent to an activating group) is 1. The predicted octanol–water partition coefficient (Wildman–Crippen LogP) is 9.68. The number of hydrogen-bond acceptors (Lipinski definition) is 6. The van der Waals surface area contributed by atoms with Crippen molar-refractivity contribution >= 4 is 17.9 Å². The van der Waals surface area contributed by atoms with E-state index in [2.05, 4.69) is 56.4 Å². The van der Waals surface area contributed by atoms with Gasteiger partial charge in [-0.15, -0.1) is 0 Å². The third kappa shape index (κ3) is 31.0. The van der Waals surface area contributed by atoms with Gasteiger partial charge in [-0.25, -0.2) is 4.79 Å². The second kappa shape index (κ2) is 32.5. The number of carbonyl (C=O) groups excluding carboxylic acids is 2. The minimum absolute atomic E-state index is 0.0372. The molecule has 0 spiro atoms. The van der Waals surface area contributed by atoms with Crippen LogP contribution < -0.4 is 0 Å². The Morgan fingerprint density at radius 2 is 1.14 bits per heavy atom. The van der Waals surface area contributed by atoms with E-state index in [-0.39, 0.29) is 42.7 Å². The van der Waals surface area contributed by atoms with Gasteiger partial charge in [-0.3, -0.25) is 9.59 Å². The number of allylic oxidation sites excluding steroid dienone is 8. The Kier molecular flexibility index (Phi) is 30.7. The van der Waals surface area contributed by atoms with E-state index >= 15 is 0 Å². The number of carboxylic acid groups (broad SMARTS) is 1. The Balaban J connectivity index is 4.37. The summed E-state index contributed by atoms with van der Waals surface area (Å²) in [6.07, 6.45) is 36.1. The molecule has 0 aliphatic heterocycles. The summed E-state index contributed by atoms with van der Waals surface area (Å²) in [6, 6.07) is -0.622. The normalized spacial score (nSPS) is 13.6. The fourth-order valence-electron chi connectivity index (χ4n) is 5.23. The summed E-state index contributed by atoms with van der Waals surface area (Å²) in [5, 5.41) is 9.55. The number of quaternary nitrogens is 1. The average Bonchev–Trinajstić information content (AvgIpc) is 3.05. The third-order valence-corrected chi connectivity index (χ3v) is 8.28. The van der Waals surface area contributed by atoms with Crippen molar-refractivity contribution in [2.24, 2.45) is 0 Å². The Bertz CT molecular complexity index is 948. The Morgan fingerprint density at radius 3 is 1.76 bits per heavy atom. The molecular formula is C41H72NO7+. The van der Waals surface area contributed by atoms with Crippen molar-refractivity contribution in [3.63, 3.8) is 0 Å². The first-order valence-corrected chi connectivity index (χ1v) is 19.2. The van der Waals surface area contributed by atoms with Gasteiger partial charge in [0.2, 0.25) is 0 Å². The fraction of sp³-hybridized carbons (Fsp3) is 0.732. The molecular weight excluding hydrogens is 618 g/mol. The van der Waals surface area contributed by atoms with Crippen molar-refractivity contribution in [2.45, 2.75) is 154 Å². The molecule has 8 heteroatoms. The van der Waals surface area contributed by atoms with E-state index in [1.54, 1.807) is 0 Å². The van der Waals surface area contributed by atoms with Crippen LogP contribution in [0.15, 0.2) is 48.6 Å². The highest BCUT2D eigenvalue weighted by molar-refractivity contribution is 5.72. The number of hydrogen-bond donors (Lipinski definition) is 1. The van der Waals surface area contributed by atoms with E-state index in [1.807, 2.05) is 27.2 Å².